The van der Waals surface area contributed by atoms with Gasteiger partial charge in [-0.2, -0.15) is 4.68 Å². The third-order valence-electron chi connectivity index (χ3n) is 4.78. The third-order valence-corrected chi connectivity index (χ3v) is 4.78. The van der Waals surface area contributed by atoms with Crippen LogP contribution in [0.1, 0.15) is 43.6 Å². The van der Waals surface area contributed by atoms with E-state index in [0.717, 1.165) is 35.5 Å². The van der Waals surface area contributed by atoms with E-state index in [-0.39, 0.29) is 11.1 Å². The minimum atomic E-state index is -0.292. The van der Waals surface area contributed by atoms with Crippen molar-refractivity contribution in [3.63, 3.8) is 0 Å². The highest BCUT2D eigenvalue weighted by Gasteiger charge is 2.45. The quantitative estimate of drug-likeness (QED) is 0.941. The van der Waals surface area contributed by atoms with Crippen LogP contribution >= 0.6 is 0 Å². The predicted molar refractivity (Wildman–Crippen MR) is 88.6 cm³/mol. The number of nitrogens with one attached hydrogen (secondary N) is 1. The third kappa shape index (κ3) is 2.77. The molecular formula is C17H25N5O. The normalized spacial score (nSPS) is 23.9. The average molecular weight is 315 g/mol. The van der Waals surface area contributed by atoms with Crippen LogP contribution in [0.5, 0.6) is 0 Å². The summed E-state index contributed by atoms with van der Waals surface area (Å²) in [5, 5.41) is 16.1. The minimum Gasteiger partial charge on any atom is -0.375 e. The van der Waals surface area contributed by atoms with Gasteiger partial charge in [0.2, 0.25) is 0 Å². The van der Waals surface area contributed by atoms with E-state index < -0.39 is 0 Å². The zero-order valence-electron chi connectivity index (χ0n) is 14.6. The summed E-state index contributed by atoms with van der Waals surface area (Å²) >= 11 is 0. The molecule has 1 N–H and O–H groups in total. The Hall–Kier alpha value is -1.79. The smallest absolute Gasteiger partial charge is 0.176 e. The number of benzene rings is 1. The van der Waals surface area contributed by atoms with Crippen LogP contribution in [0.3, 0.4) is 0 Å². The summed E-state index contributed by atoms with van der Waals surface area (Å²) in [7, 11) is 1.98. The van der Waals surface area contributed by atoms with E-state index in [9.17, 15) is 0 Å². The maximum absolute atomic E-state index is 5.90. The van der Waals surface area contributed by atoms with Crippen LogP contribution in [-0.4, -0.2) is 39.5 Å². The lowest BCUT2D eigenvalue weighted by atomic mass is 9.80. The van der Waals surface area contributed by atoms with E-state index in [1.165, 1.54) is 0 Å². The van der Waals surface area contributed by atoms with Gasteiger partial charge in [0.15, 0.2) is 5.82 Å². The Morgan fingerprint density at radius 1 is 1.22 bits per heavy atom. The number of hydrogen-bond donors (Lipinski definition) is 1. The Bertz CT molecular complexity index is 689. The molecule has 1 atom stereocenters. The van der Waals surface area contributed by atoms with Crippen LogP contribution in [0.2, 0.25) is 0 Å². The number of tetrazole rings is 1. The summed E-state index contributed by atoms with van der Waals surface area (Å²) in [6.07, 6.45) is 1.67. The Morgan fingerprint density at radius 2 is 1.91 bits per heavy atom. The van der Waals surface area contributed by atoms with Gasteiger partial charge in [-0.05, 0) is 62.7 Å². The van der Waals surface area contributed by atoms with Crippen molar-refractivity contribution in [2.45, 2.75) is 51.7 Å². The molecule has 2 heterocycles. The lowest BCUT2D eigenvalue weighted by molar-refractivity contribution is -0.0906. The van der Waals surface area contributed by atoms with Gasteiger partial charge in [0.05, 0.1) is 16.8 Å². The van der Waals surface area contributed by atoms with Gasteiger partial charge in [-0.3, -0.25) is 0 Å². The van der Waals surface area contributed by atoms with Gasteiger partial charge in [0.25, 0.3) is 0 Å². The van der Waals surface area contributed by atoms with Crippen LogP contribution in [0.15, 0.2) is 18.2 Å². The second-order valence-electron chi connectivity index (χ2n) is 7.02. The molecule has 1 aromatic carbocycles. The topological polar surface area (TPSA) is 64.9 Å². The lowest BCUT2D eigenvalue weighted by Crippen LogP contribution is -2.52. The minimum absolute atomic E-state index is 0.210. The molecule has 1 fully saturated rings. The number of ether oxygens (including phenoxy) is 1. The van der Waals surface area contributed by atoms with Crippen molar-refractivity contribution >= 4 is 0 Å². The first-order valence-electron chi connectivity index (χ1n) is 8.07. The fourth-order valence-corrected chi connectivity index (χ4v) is 3.66. The van der Waals surface area contributed by atoms with Crippen LogP contribution < -0.4 is 5.32 Å². The van der Waals surface area contributed by atoms with Crippen LogP contribution in [-0.2, 0) is 10.3 Å². The number of para-hydroxylation sites is 1. The molecule has 1 aliphatic heterocycles. The molecule has 0 bridgehead atoms. The highest BCUT2D eigenvalue weighted by Crippen LogP contribution is 2.39. The van der Waals surface area contributed by atoms with Crippen molar-refractivity contribution in [1.29, 1.82) is 0 Å². The molecule has 0 saturated carbocycles. The number of aryl methyl sites for hydroxylation is 2. The molecule has 0 spiro atoms. The van der Waals surface area contributed by atoms with Crippen molar-refractivity contribution in [3.05, 3.63) is 35.2 Å². The average Bonchev–Trinajstić information content (AvgIpc) is 2.95. The van der Waals surface area contributed by atoms with E-state index in [1.54, 1.807) is 0 Å². The molecule has 1 aromatic heterocycles. The molecule has 0 amide bonds. The number of hydrogen-bond acceptors (Lipinski definition) is 5. The van der Waals surface area contributed by atoms with E-state index in [0.29, 0.717) is 6.61 Å². The van der Waals surface area contributed by atoms with Gasteiger partial charge in [0.1, 0.15) is 0 Å². The lowest BCUT2D eigenvalue weighted by Gasteiger charge is -2.43. The SMILES string of the molecule is CN[C@]1(c2nnnn2-c2c(C)cccc2C)CCOC(C)(C)C1. The summed E-state index contributed by atoms with van der Waals surface area (Å²) in [6.45, 7) is 9.10. The Labute approximate surface area is 137 Å². The van der Waals surface area contributed by atoms with Crippen molar-refractivity contribution < 1.29 is 4.74 Å². The fraction of sp³-hybridized carbons (Fsp3) is 0.588. The maximum Gasteiger partial charge on any atom is 0.176 e. The number of nitrogens with zero attached hydrogens (tertiary/aromatic N) is 4. The van der Waals surface area contributed by atoms with E-state index in [1.807, 2.05) is 11.7 Å². The van der Waals surface area contributed by atoms with Gasteiger partial charge in [-0.15, -0.1) is 5.10 Å². The second kappa shape index (κ2) is 5.69. The highest BCUT2D eigenvalue weighted by molar-refractivity contribution is 5.47. The van der Waals surface area contributed by atoms with E-state index >= 15 is 0 Å². The van der Waals surface area contributed by atoms with E-state index in [4.69, 9.17) is 4.74 Å². The summed E-state index contributed by atoms with van der Waals surface area (Å²) in [5.41, 5.74) is 2.89. The molecule has 6 heteroatoms. The van der Waals surface area contributed by atoms with Crippen LogP contribution in [0.25, 0.3) is 5.69 Å². The molecular weight excluding hydrogens is 290 g/mol. The molecule has 0 aliphatic carbocycles. The van der Waals surface area contributed by atoms with Crippen LogP contribution in [0.4, 0.5) is 0 Å². The molecule has 124 valence electrons. The molecule has 1 saturated heterocycles. The first-order chi connectivity index (χ1) is 10.9. The largest absolute Gasteiger partial charge is 0.375 e. The summed E-state index contributed by atoms with van der Waals surface area (Å²) in [5.74, 6) is 0.855. The zero-order chi connectivity index (χ0) is 16.7. The first-order valence-corrected chi connectivity index (χ1v) is 8.07. The van der Waals surface area contributed by atoms with Crippen molar-refractivity contribution in [1.82, 2.24) is 25.5 Å². The number of aromatic nitrogens is 4. The second-order valence-corrected chi connectivity index (χ2v) is 7.02. The molecule has 1 aliphatic rings. The Kier molecular flexibility index (Phi) is 3.98. The maximum atomic E-state index is 5.90. The molecule has 0 unspecified atom stereocenters. The fourth-order valence-electron chi connectivity index (χ4n) is 3.66. The monoisotopic (exact) mass is 315 g/mol. The van der Waals surface area contributed by atoms with Crippen molar-refractivity contribution in [3.8, 4) is 5.69 Å². The summed E-state index contributed by atoms with van der Waals surface area (Å²) < 4.78 is 7.79. The van der Waals surface area contributed by atoms with Crippen LogP contribution in [0, 0.1) is 13.8 Å². The zero-order valence-corrected chi connectivity index (χ0v) is 14.6. The van der Waals surface area contributed by atoms with Gasteiger partial charge < -0.3 is 10.1 Å². The van der Waals surface area contributed by atoms with Crippen molar-refractivity contribution in [2.24, 2.45) is 0 Å². The van der Waals surface area contributed by atoms with Gasteiger partial charge in [0, 0.05) is 13.0 Å². The summed E-state index contributed by atoms with van der Waals surface area (Å²) in [6, 6.07) is 6.24. The summed E-state index contributed by atoms with van der Waals surface area (Å²) in [4.78, 5) is 0. The predicted octanol–water partition coefficient (Wildman–Crippen LogP) is 2.28. The standard InChI is InChI=1S/C17H25N5O/c1-12-7-6-8-13(2)14(12)22-15(19-20-21-22)17(18-5)9-10-23-16(3,4)11-17/h6-8,18H,9-11H2,1-5H3/t17-/m1/s1. The Balaban J connectivity index is 2.13. The van der Waals surface area contributed by atoms with Crippen molar-refractivity contribution in [2.75, 3.05) is 13.7 Å². The Morgan fingerprint density at radius 3 is 2.52 bits per heavy atom. The van der Waals surface area contributed by atoms with E-state index in [2.05, 4.69) is 66.7 Å². The molecule has 3 rings (SSSR count). The number of rotatable bonds is 3. The first kappa shape index (κ1) is 16.1. The molecule has 23 heavy (non-hydrogen) atoms. The molecule has 6 nitrogen and oxygen atoms in total. The van der Waals surface area contributed by atoms with Gasteiger partial charge >= 0.3 is 0 Å². The molecule has 2 aromatic rings. The van der Waals surface area contributed by atoms with Gasteiger partial charge in [-0.1, -0.05) is 18.2 Å². The molecule has 0 radical (unpaired) electrons. The van der Waals surface area contributed by atoms with Gasteiger partial charge in [-0.25, -0.2) is 0 Å². The highest BCUT2D eigenvalue weighted by atomic mass is 16.5.